The first kappa shape index (κ1) is 15.9. The van der Waals surface area contributed by atoms with Crippen LogP contribution in [0.5, 0.6) is 0 Å². The number of hydrogen-bond acceptors (Lipinski definition) is 5. The van der Waals surface area contributed by atoms with Gasteiger partial charge in [0, 0.05) is 6.54 Å². The lowest BCUT2D eigenvalue weighted by molar-refractivity contribution is 0.278. The molecule has 2 N–H and O–H groups in total. The van der Waals surface area contributed by atoms with Gasteiger partial charge in [0.15, 0.2) is 5.82 Å². The molecule has 7 heteroatoms. The average Bonchev–Trinajstić information content (AvgIpc) is 2.94. The van der Waals surface area contributed by atoms with Gasteiger partial charge >= 0.3 is 0 Å². The Bertz CT molecular complexity index is 600. The third-order valence-electron chi connectivity index (χ3n) is 3.28. The molecule has 114 valence electrons. The number of halogens is 2. The Morgan fingerprint density at radius 1 is 1.38 bits per heavy atom. The molecule has 1 aromatic heterocycles. The summed E-state index contributed by atoms with van der Waals surface area (Å²) in [5.74, 6) is 0.240. The minimum absolute atomic E-state index is 0.225. The van der Waals surface area contributed by atoms with E-state index < -0.39 is 5.82 Å². The van der Waals surface area contributed by atoms with Crippen molar-refractivity contribution in [3.8, 4) is 11.5 Å². The summed E-state index contributed by atoms with van der Waals surface area (Å²) in [4.78, 5) is 6.43. The first-order chi connectivity index (χ1) is 10.0. The summed E-state index contributed by atoms with van der Waals surface area (Å²) >= 11 is 5.97. The molecule has 0 amide bonds. The monoisotopic (exact) mass is 312 g/mol. The summed E-state index contributed by atoms with van der Waals surface area (Å²) in [6, 6.07) is 3.66. The summed E-state index contributed by atoms with van der Waals surface area (Å²) in [5.41, 5.74) is 6.57. The van der Waals surface area contributed by atoms with E-state index in [1.165, 1.54) is 18.2 Å². The van der Waals surface area contributed by atoms with Gasteiger partial charge in [0.2, 0.25) is 0 Å². The second kappa shape index (κ2) is 6.98. The highest BCUT2D eigenvalue weighted by molar-refractivity contribution is 6.33. The van der Waals surface area contributed by atoms with E-state index in [2.05, 4.69) is 28.9 Å². The van der Waals surface area contributed by atoms with Crippen LogP contribution >= 0.6 is 11.6 Å². The number of hydrogen-bond donors (Lipinski definition) is 1. The van der Waals surface area contributed by atoms with Gasteiger partial charge in [0.05, 0.1) is 16.6 Å². The Morgan fingerprint density at radius 3 is 2.71 bits per heavy atom. The van der Waals surface area contributed by atoms with Crippen molar-refractivity contribution < 1.29 is 8.91 Å². The molecule has 0 aliphatic carbocycles. The molecule has 1 unspecified atom stereocenters. The van der Waals surface area contributed by atoms with Crippen molar-refractivity contribution in [1.29, 1.82) is 0 Å². The Kier molecular flexibility index (Phi) is 5.27. The lowest BCUT2D eigenvalue weighted by Crippen LogP contribution is -2.32. The van der Waals surface area contributed by atoms with Crippen molar-refractivity contribution in [2.75, 3.05) is 19.6 Å². The van der Waals surface area contributed by atoms with Gasteiger partial charge in [-0.3, -0.25) is 0 Å². The summed E-state index contributed by atoms with van der Waals surface area (Å²) in [6.07, 6.45) is 0. The van der Waals surface area contributed by atoms with Crippen molar-refractivity contribution in [2.45, 2.75) is 19.9 Å². The highest BCUT2D eigenvalue weighted by Crippen LogP contribution is 2.27. The zero-order chi connectivity index (χ0) is 15.4. The molecule has 0 saturated heterocycles. The van der Waals surface area contributed by atoms with Crippen LogP contribution in [0.1, 0.15) is 25.7 Å². The van der Waals surface area contributed by atoms with Crippen LogP contribution in [0.3, 0.4) is 0 Å². The summed E-state index contributed by atoms with van der Waals surface area (Å²) in [7, 11) is 0. The Morgan fingerprint density at radius 2 is 2.10 bits per heavy atom. The van der Waals surface area contributed by atoms with E-state index >= 15 is 0 Å². The van der Waals surface area contributed by atoms with Gasteiger partial charge in [-0.25, -0.2) is 4.39 Å². The van der Waals surface area contributed by atoms with Crippen molar-refractivity contribution in [2.24, 2.45) is 5.73 Å². The smallest absolute Gasteiger partial charge is 0.259 e. The number of nitrogens with zero attached hydrogens (tertiary/aromatic N) is 3. The van der Waals surface area contributed by atoms with Gasteiger partial charge in [0.1, 0.15) is 5.82 Å². The molecular weight excluding hydrogens is 295 g/mol. The van der Waals surface area contributed by atoms with Gasteiger partial charge in [0.25, 0.3) is 5.89 Å². The van der Waals surface area contributed by atoms with E-state index in [1.54, 1.807) is 0 Å². The maximum atomic E-state index is 13.0. The van der Waals surface area contributed by atoms with E-state index in [4.69, 9.17) is 21.9 Å². The van der Waals surface area contributed by atoms with Crippen LogP contribution < -0.4 is 5.73 Å². The predicted octanol–water partition coefficient (Wildman–Crippen LogP) is 2.87. The first-order valence-corrected chi connectivity index (χ1v) is 7.19. The molecule has 0 radical (unpaired) electrons. The topological polar surface area (TPSA) is 68.2 Å². The molecule has 0 spiro atoms. The van der Waals surface area contributed by atoms with E-state index in [0.717, 1.165) is 13.1 Å². The maximum Gasteiger partial charge on any atom is 0.259 e. The van der Waals surface area contributed by atoms with Crippen molar-refractivity contribution in [3.05, 3.63) is 34.9 Å². The number of nitrogens with two attached hydrogens (primary N) is 1. The zero-order valence-electron chi connectivity index (χ0n) is 12.0. The fraction of sp³-hybridized carbons (Fsp3) is 0.429. The Labute approximate surface area is 127 Å². The van der Waals surface area contributed by atoms with Gasteiger partial charge in [-0.2, -0.15) is 4.98 Å². The van der Waals surface area contributed by atoms with Crippen LogP contribution in [0.15, 0.2) is 22.7 Å². The van der Waals surface area contributed by atoms with Gasteiger partial charge in [-0.15, -0.1) is 0 Å². The molecule has 0 bridgehead atoms. The zero-order valence-corrected chi connectivity index (χ0v) is 12.8. The highest BCUT2D eigenvalue weighted by atomic mass is 35.5. The molecule has 0 fully saturated rings. The van der Waals surface area contributed by atoms with Crippen LogP contribution in [0.2, 0.25) is 5.02 Å². The molecule has 5 nitrogen and oxygen atoms in total. The predicted molar refractivity (Wildman–Crippen MR) is 79.4 cm³/mol. The minimum Gasteiger partial charge on any atom is -0.334 e. The number of likely N-dealkylation sites (N-methyl/N-ethyl adjacent to an activating group) is 1. The van der Waals surface area contributed by atoms with Crippen molar-refractivity contribution in [3.63, 3.8) is 0 Å². The molecule has 0 saturated carbocycles. The van der Waals surface area contributed by atoms with Crippen molar-refractivity contribution in [1.82, 2.24) is 15.0 Å². The fourth-order valence-corrected chi connectivity index (χ4v) is 2.25. The SMILES string of the molecule is CCN(CC)CC(N)c1noc(-c2ccc(F)cc2Cl)n1. The van der Waals surface area contributed by atoms with Crippen LogP contribution in [0.4, 0.5) is 4.39 Å². The van der Waals surface area contributed by atoms with Gasteiger partial charge in [-0.1, -0.05) is 30.6 Å². The fourth-order valence-electron chi connectivity index (χ4n) is 2.00. The highest BCUT2D eigenvalue weighted by Gasteiger charge is 2.18. The maximum absolute atomic E-state index is 13.0. The van der Waals surface area contributed by atoms with Gasteiger partial charge < -0.3 is 15.2 Å². The number of aromatic nitrogens is 2. The van der Waals surface area contributed by atoms with E-state index in [-0.39, 0.29) is 17.0 Å². The molecule has 2 rings (SSSR count). The molecular formula is C14H18ClFN4O. The second-order valence-electron chi connectivity index (χ2n) is 4.67. The Balaban J connectivity index is 2.17. The first-order valence-electron chi connectivity index (χ1n) is 6.82. The standard InChI is InChI=1S/C14H18ClFN4O/c1-3-20(4-2)8-12(17)13-18-14(21-19-13)10-6-5-9(16)7-11(10)15/h5-7,12H,3-4,8,17H2,1-2H3. The molecule has 1 aromatic carbocycles. The molecule has 1 atom stereocenters. The van der Waals surface area contributed by atoms with E-state index in [1.807, 2.05) is 0 Å². The Hall–Kier alpha value is -1.50. The van der Waals surface area contributed by atoms with Crippen molar-refractivity contribution >= 4 is 11.6 Å². The van der Waals surface area contributed by atoms with Crippen LogP contribution in [0.25, 0.3) is 11.5 Å². The lowest BCUT2D eigenvalue weighted by atomic mass is 10.2. The third kappa shape index (κ3) is 3.78. The lowest BCUT2D eigenvalue weighted by Gasteiger charge is -2.20. The summed E-state index contributed by atoms with van der Waals surface area (Å²) in [6.45, 7) is 6.58. The van der Waals surface area contributed by atoms with Crippen LogP contribution in [0, 0.1) is 5.82 Å². The quantitative estimate of drug-likeness (QED) is 0.888. The average molecular weight is 313 g/mol. The molecule has 0 aliphatic rings. The van der Waals surface area contributed by atoms with E-state index in [9.17, 15) is 4.39 Å². The third-order valence-corrected chi connectivity index (χ3v) is 3.60. The summed E-state index contributed by atoms with van der Waals surface area (Å²) < 4.78 is 18.2. The number of benzene rings is 1. The summed E-state index contributed by atoms with van der Waals surface area (Å²) in [5, 5.41) is 4.11. The molecule has 1 heterocycles. The minimum atomic E-state index is -0.415. The molecule has 21 heavy (non-hydrogen) atoms. The van der Waals surface area contributed by atoms with Crippen LogP contribution in [-0.2, 0) is 0 Å². The molecule has 2 aromatic rings. The van der Waals surface area contributed by atoms with Gasteiger partial charge in [-0.05, 0) is 31.3 Å². The normalized spacial score (nSPS) is 12.9. The number of rotatable bonds is 6. The van der Waals surface area contributed by atoms with E-state index in [0.29, 0.717) is 17.9 Å². The second-order valence-corrected chi connectivity index (χ2v) is 5.08. The van der Waals surface area contributed by atoms with Crippen LogP contribution in [-0.4, -0.2) is 34.7 Å². The largest absolute Gasteiger partial charge is 0.334 e. The molecule has 0 aliphatic heterocycles.